The van der Waals surface area contributed by atoms with E-state index in [9.17, 15) is 9.59 Å². The molecule has 11 heteroatoms. The molecular formula is C18H32N4O4S3. The Morgan fingerprint density at radius 1 is 1.00 bits per heavy atom. The fraction of sp³-hybridized carbons (Fsp3) is 0.722. The lowest BCUT2D eigenvalue weighted by atomic mass is 10.2. The van der Waals surface area contributed by atoms with E-state index in [0.29, 0.717) is 25.4 Å². The molecule has 1 heterocycles. The number of thioether (sulfide) groups is 1. The van der Waals surface area contributed by atoms with Gasteiger partial charge in [-0.25, -0.2) is 14.6 Å². The first-order chi connectivity index (χ1) is 13.4. The minimum Gasteiger partial charge on any atom is -0.444 e. The number of aromatic nitrogens is 1. The van der Waals surface area contributed by atoms with Crippen LogP contribution in [0.2, 0.25) is 0 Å². The molecule has 0 unspecified atom stereocenters. The van der Waals surface area contributed by atoms with E-state index in [1.165, 1.54) is 11.3 Å². The van der Waals surface area contributed by atoms with Crippen LogP contribution in [0, 0.1) is 0 Å². The van der Waals surface area contributed by atoms with Crippen LogP contribution in [0.1, 0.15) is 47.2 Å². The molecule has 1 rings (SSSR count). The van der Waals surface area contributed by atoms with E-state index in [1.54, 1.807) is 11.8 Å². The van der Waals surface area contributed by atoms with E-state index in [2.05, 4.69) is 33.6 Å². The van der Waals surface area contributed by atoms with Crippen molar-refractivity contribution in [2.75, 3.05) is 30.7 Å². The fourth-order valence-electron chi connectivity index (χ4n) is 1.87. The number of nitrogens with zero attached hydrogens (tertiary/aromatic N) is 1. The number of hydrogen-bond acceptors (Lipinski definition) is 9. The first-order valence-corrected chi connectivity index (χ1v) is 11.7. The molecule has 166 valence electrons. The Labute approximate surface area is 186 Å². The number of carbonyl (C=O) groups excluding carboxylic acids is 2. The largest absolute Gasteiger partial charge is 0.444 e. The molecule has 3 N–H and O–H groups in total. The van der Waals surface area contributed by atoms with Crippen molar-refractivity contribution in [2.45, 2.75) is 62.7 Å². The maximum absolute atomic E-state index is 11.6. The third-order valence-corrected chi connectivity index (χ3v) is 5.26. The van der Waals surface area contributed by atoms with Gasteiger partial charge in [-0.05, 0) is 41.5 Å². The molecule has 0 fully saturated rings. The number of thiol groups is 1. The number of amides is 2. The molecule has 1 aromatic heterocycles. The first-order valence-electron chi connectivity index (χ1n) is 9.30. The Morgan fingerprint density at radius 3 is 2.10 bits per heavy atom. The van der Waals surface area contributed by atoms with Crippen LogP contribution in [-0.2, 0) is 15.2 Å². The Morgan fingerprint density at radius 2 is 1.55 bits per heavy atom. The SMILES string of the molecule is CC(C)(C)OC(=O)NCCNc1nc(CSCCNC(=O)OC(C)(C)C)c(S)s1. The second kappa shape index (κ2) is 11.8. The van der Waals surface area contributed by atoms with Crippen molar-refractivity contribution in [3.05, 3.63) is 5.69 Å². The maximum atomic E-state index is 11.6. The summed E-state index contributed by atoms with van der Waals surface area (Å²) in [6.45, 7) is 12.4. The van der Waals surface area contributed by atoms with Crippen molar-refractivity contribution >= 4 is 53.0 Å². The van der Waals surface area contributed by atoms with Crippen molar-refractivity contribution in [1.29, 1.82) is 0 Å². The van der Waals surface area contributed by atoms with Crippen LogP contribution in [-0.4, -0.2) is 53.8 Å². The summed E-state index contributed by atoms with van der Waals surface area (Å²) in [7, 11) is 0. The molecule has 0 bridgehead atoms. The minimum absolute atomic E-state index is 0.409. The molecule has 0 saturated heterocycles. The summed E-state index contributed by atoms with van der Waals surface area (Å²) in [5, 5.41) is 9.34. The predicted molar refractivity (Wildman–Crippen MR) is 122 cm³/mol. The Balaban J connectivity index is 2.23. The second-order valence-electron chi connectivity index (χ2n) is 8.11. The molecule has 0 radical (unpaired) electrons. The quantitative estimate of drug-likeness (QED) is 0.322. The van der Waals surface area contributed by atoms with Crippen molar-refractivity contribution in [2.24, 2.45) is 0 Å². The molecule has 1 aromatic rings. The highest BCUT2D eigenvalue weighted by molar-refractivity contribution is 7.98. The van der Waals surface area contributed by atoms with Gasteiger partial charge in [0.05, 0.1) is 9.90 Å². The van der Waals surface area contributed by atoms with Crippen LogP contribution in [0.5, 0.6) is 0 Å². The molecule has 0 aromatic carbocycles. The molecule has 2 amide bonds. The van der Waals surface area contributed by atoms with Crippen molar-refractivity contribution in [3.8, 4) is 0 Å². The molecule has 0 aliphatic heterocycles. The average molecular weight is 465 g/mol. The third-order valence-electron chi connectivity index (χ3n) is 2.90. The lowest BCUT2D eigenvalue weighted by molar-refractivity contribution is 0.0519. The van der Waals surface area contributed by atoms with E-state index in [4.69, 9.17) is 9.47 Å². The van der Waals surface area contributed by atoms with Gasteiger partial charge in [-0.2, -0.15) is 11.8 Å². The normalized spacial score (nSPS) is 11.7. The summed E-state index contributed by atoms with van der Waals surface area (Å²) in [6, 6.07) is 0. The highest BCUT2D eigenvalue weighted by Crippen LogP contribution is 2.28. The lowest BCUT2D eigenvalue weighted by Crippen LogP contribution is -2.34. The Hall–Kier alpha value is -1.33. The number of carbonyl (C=O) groups is 2. The number of nitrogens with one attached hydrogen (secondary N) is 3. The minimum atomic E-state index is -0.511. The molecule has 29 heavy (non-hydrogen) atoms. The monoisotopic (exact) mass is 464 g/mol. The van der Waals surface area contributed by atoms with Gasteiger partial charge in [0.1, 0.15) is 11.2 Å². The summed E-state index contributed by atoms with van der Waals surface area (Å²) >= 11 is 7.58. The maximum Gasteiger partial charge on any atom is 0.407 e. The van der Waals surface area contributed by atoms with Gasteiger partial charge in [0, 0.05) is 31.1 Å². The van der Waals surface area contributed by atoms with E-state index in [-0.39, 0.29) is 0 Å². The smallest absolute Gasteiger partial charge is 0.407 e. The highest BCUT2D eigenvalue weighted by Gasteiger charge is 2.16. The Bertz CT molecular complexity index is 669. The average Bonchev–Trinajstić information content (AvgIpc) is 2.88. The van der Waals surface area contributed by atoms with Gasteiger partial charge in [0.2, 0.25) is 0 Å². The standard InChI is InChI=1S/C18H32N4O4S3/c1-17(2,3)25-15(23)20-8-7-19-14-22-12(13(27)29-14)11-28-10-9-21-16(24)26-18(4,5)6/h27H,7-11H2,1-6H3,(H,19,22)(H,20,23)(H,21,24). The van der Waals surface area contributed by atoms with Crippen LogP contribution in [0.25, 0.3) is 0 Å². The molecule has 8 nitrogen and oxygen atoms in total. The van der Waals surface area contributed by atoms with Gasteiger partial charge in [0.25, 0.3) is 0 Å². The van der Waals surface area contributed by atoms with Crippen LogP contribution in [0.15, 0.2) is 4.21 Å². The zero-order chi connectivity index (χ0) is 22.1. The number of hydrogen-bond donors (Lipinski definition) is 4. The predicted octanol–water partition coefficient (Wildman–Crippen LogP) is 4.13. The summed E-state index contributed by atoms with van der Waals surface area (Å²) < 4.78 is 11.2. The van der Waals surface area contributed by atoms with E-state index >= 15 is 0 Å². The van der Waals surface area contributed by atoms with Crippen LogP contribution in [0.3, 0.4) is 0 Å². The Kier molecular flexibility index (Phi) is 10.4. The molecule has 0 saturated carbocycles. The van der Waals surface area contributed by atoms with Crippen molar-refractivity contribution < 1.29 is 19.1 Å². The fourth-order valence-corrected chi connectivity index (χ4v) is 4.00. The second-order valence-corrected chi connectivity index (χ2v) is 11.0. The van der Waals surface area contributed by atoms with E-state index < -0.39 is 23.4 Å². The highest BCUT2D eigenvalue weighted by atomic mass is 32.2. The van der Waals surface area contributed by atoms with Gasteiger partial charge in [0.15, 0.2) is 5.13 Å². The van der Waals surface area contributed by atoms with Crippen LogP contribution >= 0.6 is 35.7 Å². The number of ether oxygens (including phenoxy) is 2. The van der Waals surface area contributed by atoms with Crippen molar-refractivity contribution in [1.82, 2.24) is 15.6 Å². The zero-order valence-electron chi connectivity index (χ0n) is 17.9. The number of thiazole rings is 1. The van der Waals surface area contributed by atoms with Gasteiger partial charge in [-0.3, -0.25) is 0 Å². The third kappa shape index (κ3) is 12.8. The molecule has 0 spiro atoms. The molecule has 0 aliphatic carbocycles. The zero-order valence-corrected chi connectivity index (χ0v) is 20.4. The summed E-state index contributed by atoms with van der Waals surface area (Å²) in [4.78, 5) is 27.7. The molecule has 0 atom stereocenters. The van der Waals surface area contributed by atoms with Gasteiger partial charge in [-0.15, -0.1) is 12.6 Å². The van der Waals surface area contributed by atoms with E-state index in [1.807, 2.05) is 41.5 Å². The number of alkyl carbamates (subject to hydrolysis) is 2. The lowest BCUT2D eigenvalue weighted by Gasteiger charge is -2.19. The van der Waals surface area contributed by atoms with E-state index in [0.717, 1.165) is 20.8 Å². The molecule has 0 aliphatic rings. The topological polar surface area (TPSA) is 102 Å². The molecular weight excluding hydrogens is 432 g/mol. The van der Waals surface area contributed by atoms with Gasteiger partial charge >= 0.3 is 12.2 Å². The number of rotatable bonds is 9. The van der Waals surface area contributed by atoms with Gasteiger partial charge in [-0.1, -0.05) is 11.3 Å². The summed E-state index contributed by atoms with van der Waals surface area (Å²) in [6.07, 6.45) is -0.849. The van der Waals surface area contributed by atoms with Gasteiger partial charge < -0.3 is 25.4 Å². The summed E-state index contributed by atoms with van der Waals surface area (Å²) in [5.74, 6) is 1.44. The summed E-state index contributed by atoms with van der Waals surface area (Å²) in [5.41, 5.74) is -0.115. The first kappa shape index (κ1) is 25.7. The van der Waals surface area contributed by atoms with Crippen molar-refractivity contribution in [3.63, 3.8) is 0 Å². The number of anilines is 1. The van der Waals surface area contributed by atoms with Crippen LogP contribution in [0.4, 0.5) is 14.7 Å². The van der Waals surface area contributed by atoms with Crippen LogP contribution < -0.4 is 16.0 Å².